The van der Waals surface area contributed by atoms with Gasteiger partial charge in [0.05, 0.1) is 12.9 Å². The molecular formula is C13H19NO5. The van der Waals surface area contributed by atoms with Gasteiger partial charge in [-0.25, -0.2) is 4.79 Å². The molecule has 0 aliphatic rings. The van der Waals surface area contributed by atoms with Crippen molar-refractivity contribution in [3.63, 3.8) is 0 Å². The first kappa shape index (κ1) is 15.2. The van der Waals surface area contributed by atoms with Gasteiger partial charge in [0, 0.05) is 13.7 Å². The van der Waals surface area contributed by atoms with Crippen LogP contribution in [0.3, 0.4) is 0 Å². The molecule has 0 unspecified atom stereocenters. The standard InChI is InChI=1S/C13H19NO5/c1-9(2)11(12(15)14-6-8-17-3)19-13(16)10-5-4-7-18-10/h4-5,7,9,11H,6,8H2,1-3H3,(H,14,15)/t11-/m1/s1. The summed E-state index contributed by atoms with van der Waals surface area (Å²) in [5.41, 5.74) is 0. The van der Waals surface area contributed by atoms with Crippen LogP contribution < -0.4 is 5.32 Å². The fourth-order valence-electron chi connectivity index (χ4n) is 1.44. The van der Waals surface area contributed by atoms with Gasteiger partial charge in [-0.15, -0.1) is 0 Å². The van der Waals surface area contributed by atoms with E-state index >= 15 is 0 Å². The van der Waals surface area contributed by atoms with E-state index in [9.17, 15) is 9.59 Å². The van der Waals surface area contributed by atoms with E-state index in [0.717, 1.165) is 0 Å². The molecule has 0 fully saturated rings. The molecule has 0 saturated carbocycles. The van der Waals surface area contributed by atoms with E-state index in [4.69, 9.17) is 13.9 Å². The molecule has 0 aliphatic heterocycles. The number of nitrogens with one attached hydrogen (secondary N) is 1. The first-order valence-corrected chi connectivity index (χ1v) is 6.07. The molecule has 6 heteroatoms. The molecule has 0 spiro atoms. The molecule has 1 aromatic heterocycles. The van der Waals surface area contributed by atoms with Crippen molar-refractivity contribution in [1.29, 1.82) is 0 Å². The number of rotatable bonds is 7. The number of carbonyl (C=O) groups excluding carboxylic acids is 2. The molecule has 1 atom stereocenters. The molecule has 106 valence electrons. The summed E-state index contributed by atoms with van der Waals surface area (Å²) < 4.78 is 14.9. The van der Waals surface area contributed by atoms with Crippen molar-refractivity contribution in [1.82, 2.24) is 5.32 Å². The average molecular weight is 269 g/mol. The van der Waals surface area contributed by atoms with Crippen molar-refractivity contribution >= 4 is 11.9 Å². The Balaban J connectivity index is 2.57. The van der Waals surface area contributed by atoms with Gasteiger partial charge in [-0.3, -0.25) is 4.79 Å². The lowest BCUT2D eigenvalue weighted by Gasteiger charge is -2.20. The number of methoxy groups -OCH3 is 1. The first-order chi connectivity index (χ1) is 9.06. The number of amides is 1. The number of hydrogen-bond donors (Lipinski definition) is 1. The van der Waals surface area contributed by atoms with Gasteiger partial charge >= 0.3 is 5.97 Å². The van der Waals surface area contributed by atoms with Crippen LogP contribution in [-0.4, -0.2) is 38.2 Å². The minimum atomic E-state index is -0.852. The normalized spacial score (nSPS) is 12.2. The highest BCUT2D eigenvalue weighted by atomic mass is 16.6. The fourth-order valence-corrected chi connectivity index (χ4v) is 1.44. The summed E-state index contributed by atoms with van der Waals surface area (Å²) in [6, 6.07) is 3.07. The second-order valence-electron chi connectivity index (χ2n) is 4.33. The molecule has 1 amide bonds. The van der Waals surface area contributed by atoms with Crippen LogP contribution in [0.15, 0.2) is 22.8 Å². The minimum Gasteiger partial charge on any atom is -0.457 e. The summed E-state index contributed by atoms with van der Waals surface area (Å²) in [7, 11) is 1.54. The van der Waals surface area contributed by atoms with Crippen LogP contribution in [0.25, 0.3) is 0 Å². The fraction of sp³-hybridized carbons (Fsp3) is 0.538. The Labute approximate surface area is 112 Å². The van der Waals surface area contributed by atoms with E-state index in [1.807, 2.05) is 0 Å². The zero-order valence-electron chi connectivity index (χ0n) is 11.3. The molecule has 1 heterocycles. The van der Waals surface area contributed by atoms with Crippen molar-refractivity contribution in [2.75, 3.05) is 20.3 Å². The summed E-state index contributed by atoms with van der Waals surface area (Å²) in [4.78, 5) is 23.6. The number of esters is 1. The molecule has 0 bridgehead atoms. The van der Waals surface area contributed by atoms with Gasteiger partial charge in [-0.2, -0.15) is 0 Å². The quantitative estimate of drug-likeness (QED) is 0.595. The predicted octanol–water partition coefficient (Wildman–Crippen LogP) is 1.22. The molecule has 0 aliphatic carbocycles. The van der Waals surface area contributed by atoms with Crippen LogP contribution in [0.5, 0.6) is 0 Å². The monoisotopic (exact) mass is 269 g/mol. The second-order valence-corrected chi connectivity index (χ2v) is 4.33. The molecule has 1 N–H and O–H groups in total. The molecule has 0 saturated heterocycles. The maximum Gasteiger partial charge on any atom is 0.375 e. The maximum atomic E-state index is 11.9. The van der Waals surface area contributed by atoms with E-state index in [1.54, 1.807) is 27.0 Å². The summed E-state index contributed by atoms with van der Waals surface area (Å²) in [6.07, 6.45) is 0.522. The zero-order valence-corrected chi connectivity index (χ0v) is 11.3. The van der Waals surface area contributed by atoms with Gasteiger partial charge in [0.1, 0.15) is 0 Å². The largest absolute Gasteiger partial charge is 0.457 e. The van der Waals surface area contributed by atoms with Gasteiger partial charge in [-0.1, -0.05) is 13.8 Å². The third-order valence-electron chi connectivity index (χ3n) is 2.43. The predicted molar refractivity (Wildman–Crippen MR) is 67.6 cm³/mol. The molecule has 0 radical (unpaired) electrons. The minimum absolute atomic E-state index is 0.0790. The molecule has 1 rings (SSSR count). The summed E-state index contributed by atoms with van der Waals surface area (Å²) in [5.74, 6) is -1.05. The van der Waals surface area contributed by atoms with Crippen molar-refractivity contribution < 1.29 is 23.5 Å². The van der Waals surface area contributed by atoms with Crippen LogP contribution in [0.4, 0.5) is 0 Å². The highest BCUT2D eigenvalue weighted by Crippen LogP contribution is 2.11. The Kier molecular flexibility index (Phi) is 6.08. The Morgan fingerprint density at radius 1 is 1.42 bits per heavy atom. The van der Waals surface area contributed by atoms with Crippen LogP contribution in [-0.2, 0) is 14.3 Å². The SMILES string of the molecule is COCCNC(=O)[C@H](OC(=O)c1ccco1)C(C)C. The Hall–Kier alpha value is -1.82. The first-order valence-electron chi connectivity index (χ1n) is 6.07. The van der Waals surface area contributed by atoms with Gasteiger partial charge in [-0.05, 0) is 18.1 Å². The van der Waals surface area contributed by atoms with Crippen LogP contribution in [0.1, 0.15) is 24.4 Å². The van der Waals surface area contributed by atoms with Crippen LogP contribution in [0, 0.1) is 5.92 Å². The van der Waals surface area contributed by atoms with E-state index in [0.29, 0.717) is 13.2 Å². The number of furan rings is 1. The van der Waals surface area contributed by atoms with Gasteiger partial charge < -0.3 is 19.2 Å². The van der Waals surface area contributed by atoms with Crippen LogP contribution >= 0.6 is 0 Å². The maximum absolute atomic E-state index is 11.9. The second kappa shape index (κ2) is 7.58. The lowest BCUT2D eigenvalue weighted by Crippen LogP contribution is -2.42. The van der Waals surface area contributed by atoms with E-state index in [1.165, 1.54) is 12.3 Å². The molecular weight excluding hydrogens is 250 g/mol. The van der Waals surface area contributed by atoms with Crippen molar-refractivity contribution in [2.45, 2.75) is 20.0 Å². The highest BCUT2D eigenvalue weighted by molar-refractivity contribution is 5.90. The summed E-state index contributed by atoms with van der Waals surface area (Å²) in [6.45, 7) is 4.38. The Bertz CT molecular complexity index is 399. The Morgan fingerprint density at radius 3 is 2.68 bits per heavy atom. The third kappa shape index (κ3) is 4.75. The van der Waals surface area contributed by atoms with E-state index in [-0.39, 0.29) is 17.6 Å². The van der Waals surface area contributed by atoms with E-state index in [2.05, 4.69) is 5.32 Å². The zero-order chi connectivity index (χ0) is 14.3. The third-order valence-corrected chi connectivity index (χ3v) is 2.43. The topological polar surface area (TPSA) is 77.8 Å². The van der Waals surface area contributed by atoms with Crippen LogP contribution in [0.2, 0.25) is 0 Å². The lowest BCUT2D eigenvalue weighted by molar-refractivity contribution is -0.132. The van der Waals surface area contributed by atoms with Crippen molar-refractivity contribution in [3.05, 3.63) is 24.2 Å². The number of hydrogen-bond acceptors (Lipinski definition) is 5. The molecule has 6 nitrogen and oxygen atoms in total. The smallest absolute Gasteiger partial charge is 0.375 e. The lowest BCUT2D eigenvalue weighted by atomic mass is 10.1. The summed E-state index contributed by atoms with van der Waals surface area (Å²) in [5, 5.41) is 2.64. The number of ether oxygens (including phenoxy) is 2. The molecule has 19 heavy (non-hydrogen) atoms. The summed E-state index contributed by atoms with van der Waals surface area (Å²) >= 11 is 0. The van der Waals surface area contributed by atoms with Crippen molar-refractivity contribution in [3.8, 4) is 0 Å². The molecule has 1 aromatic rings. The Morgan fingerprint density at radius 2 is 2.16 bits per heavy atom. The van der Waals surface area contributed by atoms with Gasteiger partial charge in [0.2, 0.25) is 5.76 Å². The molecule has 0 aromatic carbocycles. The number of carbonyl (C=O) groups is 2. The van der Waals surface area contributed by atoms with Gasteiger partial charge in [0.25, 0.3) is 5.91 Å². The highest BCUT2D eigenvalue weighted by Gasteiger charge is 2.27. The van der Waals surface area contributed by atoms with Crippen molar-refractivity contribution in [2.24, 2.45) is 5.92 Å². The van der Waals surface area contributed by atoms with E-state index < -0.39 is 12.1 Å². The average Bonchev–Trinajstić information content (AvgIpc) is 2.89. The van der Waals surface area contributed by atoms with Gasteiger partial charge in [0.15, 0.2) is 6.10 Å².